The van der Waals surface area contributed by atoms with E-state index in [9.17, 15) is 19.2 Å². The Bertz CT molecular complexity index is 1090. The first-order valence-electron chi connectivity index (χ1n) is 11.1. The van der Waals surface area contributed by atoms with E-state index in [4.69, 9.17) is 46.4 Å². The summed E-state index contributed by atoms with van der Waals surface area (Å²) in [6.07, 6.45) is 3.06. The van der Waals surface area contributed by atoms with Crippen molar-refractivity contribution in [2.75, 3.05) is 0 Å². The number of allylic oxidation sites excluding steroid dienone is 2. The summed E-state index contributed by atoms with van der Waals surface area (Å²) in [4.78, 5) is 46.8. The molecule has 0 aliphatic carbocycles. The van der Waals surface area contributed by atoms with Crippen molar-refractivity contribution in [2.24, 2.45) is 11.8 Å². The molecular formula is C28H28Cl4O4. The predicted octanol–water partition coefficient (Wildman–Crippen LogP) is 8.38. The molecule has 0 unspecified atom stereocenters. The first-order chi connectivity index (χ1) is 16.6. The number of ketones is 4. The highest BCUT2D eigenvalue weighted by atomic mass is 35.5. The van der Waals surface area contributed by atoms with Gasteiger partial charge in [-0.05, 0) is 73.5 Å². The van der Waals surface area contributed by atoms with E-state index >= 15 is 0 Å². The number of benzene rings is 2. The summed E-state index contributed by atoms with van der Waals surface area (Å²) in [5.74, 6) is -1.34. The molecule has 0 saturated carbocycles. The molecule has 0 spiro atoms. The lowest BCUT2D eigenvalue weighted by atomic mass is 9.96. The zero-order valence-corrected chi connectivity index (χ0v) is 23.9. The van der Waals surface area contributed by atoms with Crippen LogP contribution in [0.4, 0.5) is 0 Å². The Kier molecular flexibility index (Phi) is 12.8. The quantitative estimate of drug-likeness (QED) is 0.182. The summed E-state index contributed by atoms with van der Waals surface area (Å²) in [7, 11) is 0. The minimum Gasteiger partial charge on any atom is -0.294 e. The van der Waals surface area contributed by atoms with Gasteiger partial charge >= 0.3 is 0 Å². The minimum atomic E-state index is -0.259. The van der Waals surface area contributed by atoms with Crippen molar-refractivity contribution in [1.82, 2.24) is 0 Å². The highest BCUT2D eigenvalue weighted by Gasteiger charge is 2.18. The summed E-state index contributed by atoms with van der Waals surface area (Å²) in [5.41, 5.74) is 1.63. The van der Waals surface area contributed by atoms with Crippen LogP contribution in [0, 0.1) is 11.8 Å². The van der Waals surface area contributed by atoms with Gasteiger partial charge in [0.25, 0.3) is 0 Å². The first-order valence-corrected chi connectivity index (χ1v) is 12.6. The van der Waals surface area contributed by atoms with Crippen LogP contribution < -0.4 is 0 Å². The van der Waals surface area contributed by atoms with Crippen LogP contribution in [0.15, 0.2) is 47.5 Å². The largest absolute Gasteiger partial charge is 0.294 e. The molecule has 0 fully saturated rings. The lowest BCUT2D eigenvalue weighted by Gasteiger charge is -2.06. The zero-order valence-electron chi connectivity index (χ0n) is 20.9. The molecule has 2 aromatic carbocycles. The smallest absolute Gasteiger partial charge is 0.168 e. The van der Waals surface area contributed by atoms with Gasteiger partial charge in [-0.15, -0.1) is 0 Å². The van der Waals surface area contributed by atoms with Gasteiger partial charge in [0, 0.05) is 31.9 Å². The summed E-state index contributed by atoms with van der Waals surface area (Å²) in [6.45, 7) is 9.76. The number of rotatable bonds is 8. The van der Waals surface area contributed by atoms with E-state index in [0.29, 0.717) is 31.2 Å². The average molecular weight is 570 g/mol. The average Bonchev–Trinajstić information content (AvgIpc) is 2.73. The van der Waals surface area contributed by atoms with Gasteiger partial charge in [0.2, 0.25) is 0 Å². The van der Waals surface area contributed by atoms with Gasteiger partial charge in [-0.3, -0.25) is 19.2 Å². The SMILES string of the molecule is CC(=O)/C(=C/c1cc(Cl)cc(Cl)c1)C(=O)C(C)C.CC(=O)/C(=C\c1cc(Cl)cc(Cl)c1)C(=O)C(C)C. The van der Waals surface area contributed by atoms with Crippen molar-refractivity contribution in [1.29, 1.82) is 0 Å². The third-order valence-corrected chi connectivity index (χ3v) is 5.60. The van der Waals surface area contributed by atoms with Gasteiger partial charge in [-0.2, -0.15) is 0 Å². The molecule has 4 nitrogen and oxygen atoms in total. The van der Waals surface area contributed by atoms with E-state index in [0.717, 1.165) is 0 Å². The van der Waals surface area contributed by atoms with E-state index in [1.807, 2.05) is 0 Å². The fraction of sp³-hybridized carbons (Fsp3) is 0.286. The number of halogens is 4. The second kappa shape index (κ2) is 14.5. The van der Waals surface area contributed by atoms with Crippen LogP contribution in [-0.4, -0.2) is 23.1 Å². The number of carbonyl (C=O) groups excluding carboxylic acids is 4. The summed E-state index contributed by atoms with van der Waals surface area (Å²) >= 11 is 23.5. The van der Waals surface area contributed by atoms with Gasteiger partial charge in [-0.1, -0.05) is 74.1 Å². The topological polar surface area (TPSA) is 68.3 Å². The number of hydrogen-bond acceptors (Lipinski definition) is 4. The standard InChI is InChI=1S/2C14H14Cl2O2/c2*1-8(2)14(18)13(9(3)17)6-10-4-11(15)7-12(16)5-10/h2*4-8H,1-3H3/b13-6+;13-6-. The van der Waals surface area contributed by atoms with Gasteiger partial charge in [0.15, 0.2) is 23.1 Å². The molecule has 0 bridgehead atoms. The fourth-order valence-corrected chi connectivity index (χ4v) is 4.05. The predicted molar refractivity (Wildman–Crippen MR) is 150 cm³/mol. The molecule has 192 valence electrons. The Morgan fingerprint density at radius 1 is 0.556 bits per heavy atom. The van der Waals surface area contributed by atoms with Crippen LogP contribution >= 0.6 is 46.4 Å². The molecule has 0 aliphatic rings. The Morgan fingerprint density at radius 3 is 1.00 bits per heavy atom. The summed E-state index contributed by atoms with van der Waals surface area (Å²) < 4.78 is 0. The van der Waals surface area contributed by atoms with Gasteiger partial charge in [0.1, 0.15) is 0 Å². The Hall–Kier alpha value is -2.24. The van der Waals surface area contributed by atoms with Gasteiger partial charge in [-0.25, -0.2) is 0 Å². The third kappa shape index (κ3) is 10.4. The Labute approximate surface area is 232 Å². The van der Waals surface area contributed by atoms with Crippen LogP contribution in [0.3, 0.4) is 0 Å². The normalized spacial score (nSPS) is 11.8. The molecule has 2 aromatic rings. The second-order valence-corrected chi connectivity index (χ2v) is 10.4. The first kappa shape index (κ1) is 31.8. The van der Waals surface area contributed by atoms with Crippen LogP contribution in [0.5, 0.6) is 0 Å². The Balaban J connectivity index is 0.000000360. The van der Waals surface area contributed by atoms with E-state index in [1.165, 1.54) is 26.0 Å². The molecule has 0 amide bonds. The molecule has 0 atom stereocenters. The third-order valence-electron chi connectivity index (χ3n) is 4.73. The van der Waals surface area contributed by atoms with E-state index in [1.54, 1.807) is 64.1 Å². The summed E-state index contributed by atoms with van der Waals surface area (Å²) in [6, 6.07) is 9.82. The van der Waals surface area contributed by atoms with Crippen molar-refractivity contribution in [2.45, 2.75) is 41.5 Å². The van der Waals surface area contributed by atoms with Gasteiger partial charge < -0.3 is 0 Å². The molecule has 36 heavy (non-hydrogen) atoms. The van der Waals surface area contributed by atoms with Crippen LogP contribution in [0.25, 0.3) is 12.2 Å². The molecule has 0 saturated heterocycles. The lowest BCUT2D eigenvalue weighted by molar-refractivity contribution is -0.123. The van der Waals surface area contributed by atoms with E-state index in [2.05, 4.69) is 0 Å². The molecule has 0 N–H and O–H groups in total. The van der Waals surface area contributed by atoms with Crippen LogP contribution in [0.1, 0.15) is 52.7 Å². The molecular weight excluding hydrogens is 542 g/mol. The molecule has 0 radical (unpaired) electrons. The maximum absolute atomic E-state index is 11.9. The maximum atomic E-state index is 11.9. The monoisotopic (exact) mass is 568 g/mol. The highest BCUT2D eigenvalue weighted by molar-refractivity contribution is 6.35. The molecule has 0 heterocycles. The second-order valence-electron chi connectivity index (χ2n) is 8.67. The molecule has 8 heteroatoms. The van der Waals surface area contributed by atoms with Crippen molar-refractivity contribution in [3.63, 3.8) is 0 Å². The Morgan fingerprint density at radius 2 is 0.806 bits per heavy atom. The lowest BCUT2D eigenvalue weighted by Crippen LogP contribution is -2.15. The van der Waals surface area contributed by atoms with Crippen molar-refractivity contribution in [3.05, 3.63) is 78.8 Å². The van der Waals surface area contributed by atoms with Crippen molar-refractivity contribution >= 4 is 81.7 Å². The van der Waals surface area contributed by atoms with E-state index in [-0.39, 0.29) is 46.1 Å². The van der Waals surface area contributed by atoms with Gasteiger partial charge in [0.05, 0.1) is 11.1 Å². The van der Waals surface area contributed by atoms with Crippen LogP contribution in [-0.2, 0) is 19.2 Å². The maximum Gasteiger partial charge on any atom is 0.168 e. The number of carbonyl (C=O) groups is 4. The zero-order chi connectivity index (χ0) is 27.7. The highest BCUT2D eigenvalue weighted by Crippen LogP contribution is 2.23. The van der Waals surface area contributed by atoms with Crippen molar-refractivity contribution < 1.29 is 19.2 Å². The minimum absolute atomic E-state index is 0.170. The molecule has 0 aliphatic heterocycles. The van der Waals surface area contributed by atoms with Crippen molar-refractivity contribution in [3.8, 4) is 0 Å². The number of Topliss-reactive ketones (excluding diaryl/α,β-unsaturated/α-hetero) is 4. The number of hydrogen-bond donors (Lipinski definition) is 0. The van der Waals surface area contributed by atoms with E-state index < -0.39 is 0 Å². The fourth-order valence-electron chi connectivity index (χ4n) is 2.96. The molecule has 0 aromatic heterocycles. The molecule has 2 rings (SSSR count). The summed E-state index contributed by atoms with van der Waals surface area (Å²) in [5, 5.41) is 1.87. The van der Waals surface area contributed by atoms with Crippen LogP contribution in [0.2, 0.25) is 20.1 Å².